The van der Waals surface area contributed by atoms with E-state index in [0.29, 0.717) is 26.4 Å². The quantitative estimate of drug-likeness (QED) is 0.621. The molecule has 0 bridgehead atoms. The Bertz CT molecular complexity index is 595. The van der Waals surface area contributed by atoms with E-state index >= 15 is 0 Å². The molecule has 1 aliphatic heterocycles. The molecule has 0 N–H and O–H groups in total. The average molecular weight is 406 g/mol. The van der Waals surface area contributed by atoms with E-state index in [2.05, 4.69) is 20.3 Å². The van der Waals surface area contributed by atoms with Gasteiger partial charge in [0, 0.05) is 22.2 Å². The van der Waals surface area contributed by atoms with E-state index in [9.17, 15) is 4.21 Å². The molecule has 130 valence electrons. The van der Waals surface area contributed by atoms with Crippen molar-refractivity contribution in [3.05, 3.63) is 28.7 Å². The van der Waals surface area contributed by atoms with Gasteiger partial charge in [-0.1, -0.05) is 22.0 Å². The lowest BCUT2D eigenvalue weighted by atomic mass is 10.2. The lowest BCUT2D eigenvalue weighted by Crippen LogP contribution is -2.24. The maximum Gasteiger partial charge on any atom is 0.157 e. The molecule has 0 saturated carbocycles. The summed E-state index contributed by atoms with van der Waals surface area (Å²) in [5, 5.41) is 0. The zero-order valence-electron chi connectivity index (χ0n) is 13.4. The van der Waals surface area contributed by atoms with Crippen LogP contribution in [0.25, 0.3) is 0 Å². The minimum absolute atomic E-state index is 0.0806. The van der Waals surface area contributed by atoms with Crippen LogP contribution in [0, 0.1) is 0 Å². The van der Waals surface area contributed by atoms with Crippen molar-refractivity contribution in [2.45, 2.75) is 30.4 Å². The SMILES string of the molecule is CS(=O)(=NCCOCCOC1CCCCO1)c1cccc(Br)c1. The Morgan fingerprint density at radius 1 is 1.35 bits per heavy atom. The first-order chi connectivity index (χ1) is 11.1. The second kappa shape index (κ2) is 9.74. The predicted octanol–water partition coefficient (Wildman–Crippen LogP) is 3.47. The van der Waals surface area contributed by atoms with Gasteiger partial charge < -0.3 is 14.2 Å². The van der Waals surface area contributed by atoms with Crippen LogP contribution in [0.5, 0.6) is 0 Å². The average Bonchev–Trinajstić information content (AvgIpc) is 2.55. The molecule has 5 nitrogen and oxygen atoms in total. The van der Waals surface area contributed by atoms with Gasteiger partial charge in [-0.15, -0.1) is 0 Å². The molecule has 0 aromatic heterocycles. The van der Waals surface area contributed by atoms with Crippen LogP contribution >= 0.6 is 15.9 Å². The van der Waals surface area contributed by atoms with Gasteiger partial charge in [0.15, 0.2) is 6.29 Å². The monoisotopic (exact) mass is 405 g/mol. The van der Waals surface area contributed by atoms with Gasteiger partial charge in [-0.3, -0.25) is 0 Å². The second-order valence-corrected chi connectivity index (χ2v) is 8.64. The lowest BCUT2D eigenvalue weighted by Gasteiger charge is -2.22. The van der Waals surface area contributed by atoms with Crippen LogP contribution in [-0.4, -0.2) is 49.7 Å². The summed E-state index contributed by atoms with van der Waals surface area (Å²) in [6.45, 7) is 2.63. The first kappa shape index (κ1) is 18.9. The van der Waals surface area contributed by atoms with Crippen LogP contribution in [0.4, 0.5) is 0 Å². The van der Waals surface area contributed by atoms with Crippen molar-refractivity contribution < 1.29 is 18.4 Å². The molecule has 0 aliphatic carbocycles. The molecule has 7 heteroatoms. The van der Waals surface area contributed by atoms with Gasteiger partial charge in [-0.2, -0.15) is 0 Å². The number of rotatable bonds is 8. The van der Waals surface area contributed by atoms with Crippen molar-refractivity contribution in [2.75, 3.05) is 39.2 Å². The number of nitrogens with zero attached hydrogens (tertiary/aromatic N) is 1. The molecule has 1 heterocycles. The van der Waals surface area contributed by atoms with E-state index < -0.39 is 9.73 Å². The Morgan fingerprint density at radius 3 is 2.96 bits per heavy atom. The second-order valence-electron chi connectivity index (χ2n) is 5.39. The number of ether oxygens (including phenoxy) is 3. The van der Waals surface area contributed by atoms with Gasteiger partial charge in [-0.05, 0) is 37.5 Å². The van der Waals surface area contributed by atoms with Crippen molar-refractivity contribution in [1.29, 1.82) is 0 Å². The fourth-order valence-electron chi connectivity index (χ4n) is 2.24. The van der Waals surface area contributed by atoms with Crippen molar-refractivity contribution in [2.24, 2.45) is 4.36 Å². The summed E-state index contributed by atoms with van der Waals surface area (Å²) in [5.74, 6) is 0. The van der Waals surface area contributed by atoms with E-state index in [1.165, 1.54) is 0 Å². The molecule has 0 radical (unpaired) electrons. The van der Waals surface area contributed by atoms with Crippen LogP contribution < -0.4 is 0 Å². The highest BCUT2D eigenvalue weighted by Crippen LogP contribution is 2.17. The van der Waals surface area contributed by atoms with E-state index in [1.807, 2.05) is 24.3 Å². The maximum absolute atomic E-state index is 12.6. The van der Waals surface area contributed by atoms with Gasteiger partial charge in [0.05, 0.1) is 36.1 Å². The van der Waals surface area contributed by atoms with Crippen molar-refractivity contribution in [1.82, 2.24) is 0 Å². The normalized spacial score (nSPS) is 20.9. The van der Waals surface area contributed by atoms with Crippen molar-refractivity contribution in [3.8, 4) is 0 Å². The topological polar surface area (TPSA) is 57.1 Å². The van der Waals surface area contributed by atoms with Gasteiger partial charge in [-0.25, -0.2) is 8.57 Å². The first-order valence-corrected chi connectivity index (χ1v) is 10.5. The summed E-state index contributed by atoms with van der Waals surface area (Å²) in [6, 6.07) is 7.43. The number of halogens is 1. The molecule has 1 aromatic rings. The van der Waals surface area contributed by atoms with Crippen LogP contribution in [0.3, 0.4) is 0 Å². The summed E-state index contributed by atoms with van der Waals surface area (Å²) in [4.78, 5) is 0.727. The van der Waals surface area contributed by atoms with E-state index in [4.69, 9.17) is 14.2 Å². The smallest absolute Gasteiger partial charge is 0.157 e. The highest BCUT2D eigenvalue weighted by atomic mass is 79.9. The van der Waals surface area contributed by atoms with E-state index in [1.54, 1.807) is 6.26 Å². The Kier molecular flexibility index (Phi) is 7.98. The van der Waals surface area contributed by atoms with E-state index in [0.717, 1.165) is 35.2 Å². The largest absolute Gasteiger partial charge is 0.377 e. The molecule has 1 fully saturated rings. The first-order valence-electron chi connectivity index (χ1n) is 7.82. The third-order valence-electron chi connectivity index (χ3n) is 3.48. The van der Waals surface area contributed by atoms with Crippen molar-refractivity contribution >= 4 is 25.7 Å². The molecule has 0 spiro atoms. The van der Waals surface area contributed by atoms with Gasteiger partial charge in [0.2, 0.25) is 0 Å². The third-order valence-corrected chi connectivity index (χ3v) is 5.77. The minimum atomic E-state index is -2.38. The minimum Gasteiger partial charge on any atom is -0.377 e. The zero-order chi connectivity index (χ0) is 16.5. The van der Waals surface area contributed by atoms with Crippen molar-refractivity contribution in [3.63, 3.8) is 0 Å². The molecule has 2 unspecified atom stereocenters. The van der Waals surface area contributed by atoms with Crippen LogP contribution in [-0.2, 0) is 23.9 Å². The number of benzene rings is 1. The molecule has 1 aromatic carbocycles. The fraction of sp³-hybridized carbons (Fsp3) is 0.625. The Morgan fingerprint density at radius 2 is 2.22 bits per heavy atom. The standard InChI is InChI=1S/C16H24BrNO4S/c1-23(19,15-6-4-5-14(17)13-15)18-8-10-20-11-12-22-16-7-2-3-9-21-16/h4-6,13,16H,2-3,7-12H2,1H3. The Labute approximate surface area is 147 Å². The predicted molar refractivity (Wildman–Crippen MR) is 94.1 cm³/mol. The van der Waals surface area contributed by atoms with Crippen LogP contribution in [0.15, 0.2) is 38.0 Å². The summed E-state index contributed by atoms with van der Waals surface area (Å²) in [7, 11) is -2.38. The molecule has 2 rings (SSSR count). The maximum atomic E-state index is 12.6. The summed E-state index contributed by atoms with van der Waals surface area (Å²) in [5.41, 5.74) is 0. The number of hydrogen-bond donors (Lipinski definition) is 0. The van der Waals surface area contributed by atoms with Crippen LogP contribution in [0.1, 0.15) is 19.3 Å². The van der Waals surface area contributed by atoms with Gasteiger partial charge >= 0.3 is 0 Å². The Balaban J connectivity index is 1.64. The molecule has 1 saturated heterocycles. The van der Waals surface area contributed by atoms with Gasteiger partial charge in [0.25, 0.3) is 0 Å². The zero-order valence-corrected chi connectivity index (χ0v) is 15.8. The highest BCUT2D eigenvalue weighted by molar-refractivity contribution is 9.10. The summed E-state index contributed by atoms with van der Waals surface area (Å²) >= 11 is 3.38. The highest BCUT2D eigenvalue weighted by Gasteiger charge is 2.13. The molecule has 2 atom stereocenters. The molecular weight excluding hydrogens is 382 g/mol. The molecule has 0 amide bonds. The summed E-state index contributed by atoms with van der Waals surface area (Å²) in [6.07, 6.45) is 4.80. The van der Waals surface area contributed by atoms with Crippen LogP contribution in [0.2, 0.25) is 0 Å². The lowest BCUT2D eigenvalue weighted by molar-refractivity contribution is -0.168. The number of hydrogen-bond acceptors (Lipinski definition) is 5. The van der Waals surface area contributed by atoms with Gasteiger partial charge in [0.1, 0.15) is 0 Å². The third kappa shape index (κ3) is 6.89. The fourth-order valence-corrected chi connectivity index (χ4v) is 4.04. The Hall–Kier alpha value is -0.470. The molecular formula is C16H24BrNO4S. The molecule has 1 aliphatic rings. The molecule has 23 heavy (non-hydrogen) atoms. The van der Waals surface area contributed by atoms with E-state index in [-0.39, 0.29) is 6.29 Å². The summed E-state index contributed by atoms with van der Waals surface area (Å²) < 4.78 is 34.2.